The first-order valence-corrected chi connectivity index (χ1v) is 8.21. The number of hydrogen-bond donors (Lipinski definition) is 1. The molecule has 1 N–H and O–H groups in total. The van der Waals surface area contributed by atoms with Gasteiger partial charge in [0.15, 0.2) is 0 Å². The van der Waals surface area contributed by atoms with Gasteiger partial charge in [0, 0.05) is 24.3 Å². The van der Waals surface area contributed by atoms with Crippen molar-refractivity contribution in [1.82, 2.24) is 9.78 Å². The first-order chi connectivity index (χ1) is 9.59. The molecule has 0 spiro atoms. The second-order valence-corrected chi connectivity index (χ2v) is 7.89. The third-order valence-electron chi connectivity index (χ3n) is 3.10. The molecule has 0 unspecified atom stereocenters. The number of nitrogens with one attached hydrogen (secondary N) is 1. The van der Waals surface area contributed by atoms with Gasteiger partial charge in [0.05, 0.1) is 5.69 Å². The van der Waals surface area contributed by atoms with Crippen LogP contribution in [0.4, 0.5) is 5.69 Å². The third kappa shape index (κ3) is 3.44. The highest BCUT2D eigenvalue weighted by atomic mass is 32.2. The molecule has 0 fully saturated rings. The summed E-state index contributed by atoms with van der Waals surface area (Å²) < 4.78 is 29.3. The molecule has 0 saturated heterocycles. The Bertz CT molecular complexity index is 738. The summed E-state index contributed by atoms with van der Waals surface area (Å²) in [5.74, 6) is 0. The molecule has 114 valence electrons. The summed E-state index contributed by atoms with van der Waals surface area (Å²) in [7, 11) is -1.93. The Kier molecular flexibility index (Phi) is 3.84. The molecule has 0 amide bonds. The monoisotopic (exact) mass is 307 g/mol. The van der Waals surface area contributed by atoms with Gasteiger partial charge in [0.2, 0.25) is 0 Å². The van der Waals surface area contributed by atoms with E-state index in [1.807, 2.05) is 39.8 Å². The van der Waals surface area contributed by atoms with Crippen LogP contribution < -0.4 is 4.72 Å². The summed E-state index contributed by atoms with van der Waals surface area (Å²) in [6.45, 7) is 7.79. The summed E-state index contributed by atoms with van der Waals surface area (Å²) >= 11 is 0. The van der Waals surface area contributed by atoms with Crippen molar-refractivity contribution >= 4 is 15.7 Å². The first kappa shape index (κ1) is 15.6. The number of aromatic nitrogens is 2. The van der Waals surface area contributed by atoms with Crippen LogP contribution in [0.25, 0.3) is 0 Å². The van der Waals surface area contributed by atoms with Crippen molar-refractivity contribution in [1.29, 1.82) is 0 Å². The Balaban J connectivity index is 2.43. The van der Waals surface area contributed by atoms with Gasteiger partial charge in [0.25, 0.3) is 10.0 Å². The van der Waals surface area contributed by atoms with E-state index in [9.17, 15) is 8.42 Å². The van der Waals surface area contributed by atoms with Crippen LogP contribution in [0.1, 0.15) is 32.0 Å². The second kappa shape index (κ2) is 5.18. The van der Waals surface area contributed by atoms with Gasteiger partial charge < -0.3 is 0 Å². The van der Waals surface area contributed by atoms with E-state index in [0.29, 0.717) is 11.4 Å². The molecule has 0 aliphatic rings. The molecule has 1 aromatic carbocycles. The van der Waals surface area contributed by atoms with Crippen LogP contribution in [0.5, 0.6) is 0 Å². The number of sulfonamides is 1. The van der Waals surface area contributed by atoms with E-state index < -0.39 is 10.0 Å². The number of hydrogen-bond acceptors (Lipinski definition) is 3. The highest BCUT2D eigenvalue weighted by Crippen LogP contribution is 2.28. The van der Waals surface area contributed by atoms with Crippen LogP contribution in [0, 0.1) is 6.92 Å². The lowest BCUT2D eigenvalue weighted by Gasteiger charge is -2.17. The van der Waals surface area contributed by atoms with Crippen molar-refractivity contribution in [3.8, 4) is 0 Å². The smallest absolute Gasteiger partial charge is 0.265 e. The maximum absolute atomic E-state index is 12.6. The minimum atomic E-state index is -3.65. The van der Waals surface area contributed by atoms with Crippen molar-refractivity contribution in [3.05, 3.63) is 41.7 Å². The Labute approximate surface area is 126 Å². The highest BCUT2D eigenvalue weighted by Gasteiger charge is 2.29. The zero-order valence-electron chi connectivity index (χ0n) is 13.0. The van der Waals surface area contributed by atoms with Gasteiger partial charge in [-0.3, -0.25) is 9.40 Å². The summed E-state index contributed by atoms with van der Waals surface area (Å²) in [5.41, 5.74) is 1.84. The third-order valence-corrected chi connectivity index (χ3v) is 4.48. The molecule has 1 heterocycles. The quantitative estimate of drug-likeness (QED) is 0.948. The SMILES string of the molecule is Cc1ccc(NS(=O)(=O)c2cn(C)nc2C(C)(C)C)cc1. The van der Waals surface area contributed by atoms with Crippen LogP contribution in [0.2, 0.25) is 0 Å². The molecule has 2 aromatic rings. The van der Waals surface area contributed by atoms with E-state index in [1.54, 1.807) is 19.2 Å². The van der Waals surface area contributed by atoms with Crippen LogP contribution in [-0.2, 0) is 22.5 Å². The predicted octanol–water partition coefficient (Wildman–Crippen LogP) is 2.83. The van der Waals surface area contributed by atoms with E-state index in [0.717, 1.165) is 5.56 Å². The zero-order valence-corrected chi connectivity index (χ0v) is 13.8. The standard InChI is InChI=1S/C15H21N3O2S/c1-11-6-8-12(9-7-11)17-21(19,20)13-10-18(5)16-14(13)15(2,3)4/h6-10,17H,1-5H3. The maximum Gasteiger partial charge on any atom is 0.265 e. The van der Waals surface area contributed by atoms with Gasteiger partial charge in [-0.2, -0.15) is 5.10 Å². The molecule has 0 radical (unpaired) electrons. The van der Waals surface area contributed by atoms with Crippen LogP contribution in [0.15, 0.2) is 35.4 Å². The summed E-state index contributed by atoms with van der Waals surface area (Å²) in [4.78, 5) is 0.220. The van der Waals surface area contributed by atoms with Crippen molar-refractivity contribution in [3.63, 3.8) is 0 Å². The van der Waals surface area contributed by atoms with E-state index in [1.165, 1.54) is 10.9 Å². The molecule has 6 heteroatoms. The van der Waals surface area contributed by atoms with Crippen LogP contribution in [-0.4, -0.2) is 18.2 Å². The van der Waals surface area contributed by atoms with Gasteiger partial charge >= 0.3 is 0 Å². The highest BCUT2D eigenvalue weighted by molar-refractivity contribution is 7.92. The van der Waals surface area contributed by atoms with Gasteiger partial charge in [-0.05, 0) is 19.1 Å². The fourth-order valence-electron chi connectivity index (χ4n) is 2.01. The van der Waals surface area contributed by atoms with Crippen LogP contribution >= 0.6 is 0 Å². The Morgan fingerprint density at radius 2 is 1.71 bits per heavy atom. The summed E-state index contributed by atoms with van der Waals surface area (Å²) in [5, 5.41) is 4.30. The van der Waals surface area contributed by atoms with Gasteiger partial charge in [-0.1, -0.05) is 38.5 Å². The summed E-state index contributed by atoms with van der Waals surface area (Å²) in [6.07, 6.45) is 1.54. The number of benzene rings is 1. The zero-order chi connectivity index (χ0) is 15.8. The van der Waals surface area contributed by atoms with Crippen molar-refractivity contribution in [2.45, 2.75) is 38.0 Å². The molecule has 21 heavy (non-hydrogen) atoms. The topological polar surface area (TPSA) is 64.0 Å². The molecule has 0 aliphatic carbocycles. The minimum Gasteiger partial charge on any atom is -0.280 e. The Hall–Kier alpha value is -1.82. The molecule has 5 nitrogen and oxygen atoms in total. The lowest BCUT2D eigenvalue weighted by Crippen LogP contribution is -2.20. The average molecular weight is 307 g/mol. The summed E-state index contributed by atoms with van der Waals surface area (Å²) in [6, 6.07) is 7.23. The maximum atomic E-state index is 12.6. The van der Waals surface area contributed by atoms with Crippen molar-refractivity contribution in [2.24, 2.45) is 7.05 Å². The molecule has 0 bridgehead atoms. The van der Waals surface area contributed by atoms with E-state index in [-0.39, 0.29) is 10.3 Å². The molecule has 1 aromatic heterocycles. The minimum absolute atomic E-state index is 0.220. The Morgan fingerprint density at radius 3 is 2.24 bits per heavy atom. The van der Waals surface area contributed by atoms with Crippen molar-refractivity contribution < 1.29 is 8.42 Å². The number of nitrogens with zero attached hydrogens (tertiary/aromatic N) is 2. The predicted molar refractivity (Wildman–Crippen MR) is 83.9 cm³/mol. The second-order valence-electron chi connectivity index (χ2n) is 6.24. The van der Waals surface area contributed by atoms with Gasteiger partial charge in [0.1, 0.15) is 4.90 Å². The molecule has 2 rings (SSSR count). The van der Waals surface area contributed by atoms with E-state index >= 15 is 0 Å². The number of aryl methyl sites for hydroxylation is 2. The fourth-order valence-corrected chi connectivity index (χ4v) is 3.46. The van der Waals surface area contributed by atoms with Gasteiger partial charge in [-0.15, -0.1) is 0 Å². The van der Waals surface area contributed by atoms with Gasteiger partial charge in [-0.25, -0.2) is 8.42 Å². The van der Waals surface area contributed by atoms with E-state index in [4.69, 9.17) is 0 Å². The lowest BCUT2D eigenvalue weighted by atomic mass is 9.92. The van der Waals surface area contributed by atoms with Crippen LogP contribution in [0.3, 0.4) is 0 Å². The fraction of sp³-hybridized carbons (Fsp3) is 0.400. The number of anilines is 1. The first-order valence-electron chi connectivity index (χ1n) is 6.73. The van der Waals surface area contributed by atoms with Crippen molar-refractivity contribution in [2.75, 3.05) is 4.72 Å². The molecular weight excluding hydrogens is 286 g/mol. The molecular formula is C15H21N3O2S. The molecule has 0 aliphatic heterocycles. The molecule has 0 atom stereocenters. The number of rotatable bonds is 3. The normalized spacial score (nSPS) is 12.4. The molecule has 0 saturated carbocycles. The van der Waals surface area contributed by atoms with E-state index in [2.05, 4.69) is 9.82 Å². The largest absolute Gasteiger partial charge is 0.280 e. The Morgan fingerprint density at radius 1 is 1.14 bits per heavy atom. The average Bonchev–Trinajstić information content (AvgIpc) is 2.75. The lowest BCUT2D eigenvalue weighted by molar-refractivity contribution is 0.539.